The van der Waals surface area contributed by atoms with Gasteiger partial charge in [-0.3, -0.25) is 9.20 Å². The van der Waals surface area contributed by atoms with Crippen molar-refractivity contribution < 1.29 is 9.47 Å². The monoisotopic (exact) mass is 309 g/mol. The molecule has 1 aliphatic rings. The standard InChI is InChI=1S/C17H15N3O3/c1-11-2-5-16-19-13(7-17(21)20(16)9-11)8-18-12-3-4-14-15(6-12)23-10-22-14/h2-7,9,18H,8,10H2,1H3. The van der Waals surface area contributed by atoms with E-state index in [4.69, 9.17) is 9.47 Å². The number of anilines is 1. The number of rotatable bonds is 3. The van der Waals surface area contributed by atoms with Gasteiger partial charge in [-0.05, 0) is 30.7 Å². The van der Waals surface area contributed by atoms with Crippen molar-refractivity contribution >= 4 is 11.3 Å². The van der Waals surface area contributed by atoms with Crippen LogP contribution in [0.4, 0.5) is 5.69 Å². The predicted molar refractivity (Wildman–Crippen MR) is 86.1 cm³/mol. The molecular formula is C17H15N3O3. The lowest BCUT2D eigenvalue weighted by Crippen LogP contribution is -2.17. The van der Waals surface area contributed by atoms with Crippen LogP contribution in [0.3, 0.4) is 0 Å². The van der Waals surface area contributed by atoms with Gasteiger partial charge in [0, 0.05) is 24.0 Å². The highest BCUT2D eigenvalue weighted by molar-refractivity contribution is 5.55. The van der Waals surface area contributed by atoms with Crippen LogP contribution in [-0.2, 0) is 6.54 Å². The van der Waals surface area contributed by atoms with E-state index in [1.165, 1.54) is 0 Å². The Labute approximate surface area is 132 Å². The van der Waals surface area contributed by atoms with E-state index in [-0.39, 0.29) is 12.4 Å². The first-order valence-corrected chi connectivity index (χ1v) is 7.31. The van der Waals surface area contributed by atoms with E-state index in [2.05, 4.69) is 10.3 Å². The second-order valence-corrected chi connectivity index (χ2v) is 5.44. The summed E-state index contributed by atoms with van der Waals surface area (Å²) >= 11 is 0. The van der Waals surface area contributed by atoms with Crippen LogP contribution >= 0.6 is 0 Å². The lowest BCUT2D eigenvalue weighted by Gasteiger charge is -2.08. The molecule has 0 saturated heterocycles. The Hall–Kier alpha value is -3.02. The van der Waals surface area contributed by atoms with Crippen LogP contribution in [0, 0.1) is 6.92 Å². The van der Waals surface area contributed by atoms with E-state index in [0.717, 1.165) is 22.7 Å². The summed E-state index contributed by atoms with van der Waals surface area (Å²) in [6.45, 7) is 2.65. The number of hydrogen-bond acceptors (Lipinski definition) is 5. The zero-order valence-corrected chi connectivity index (χ0v) is 12.6. The topological polar surface area (TPSA) is 64.9 Å². The molecule has 6 heteroatoms. The largest absolute Gasteiger partial charge is 0.454 e. The second kappa shape index (κ2) is 5.31. The minimum Gasteiger partial charge on any atom is -0.454 e. The van der Waals surface area contributed by atoms with Gasteiger partial charge < -0.3 is 14.8 Å². The number of ether oxygens (including phenoxy) is 2. The number of aryl methyl sites for hydroxylation is 1. The summed E-state index contributed by atoms with van der Waals surface area (Å²) in [5, 5.41) is 3.25. The van der Waals surface area contributed by atoms with Crippen LogP contribution in [0.2, 0.25) is 0 Å². The maximum atomic E-state index is 12.2. The Kier molecular flexibility index (Phi) is 3.15. The minimum absolute atomic E-state index is 0.0822. The van der Waals surface area contributed by atoms with Crippen LogP contribution in [-0.4, -0.2) is 16.2 Å². The number of nitrogens with one attached hydrogen (secondary N) is 1. The van der Waals surface area contributed by atoms with Gasteiger partial charge in [0.15, 0.2) is 11.5 Å². The number of benzene rings is 1. The Morgan fingerprint density at radius 3 is 2.96 bits per heavy atom. The average molecular weight is 309 g/mol. The van der Waals surface area contributed by atoms with E-state index in [9.17, 15) is 4.79 Å². The van der Waals surface area contributed by atoms with E-state index in [1.807, 2.05) is 37.3 Å². The smallest absolute Gasteiger partial charge is 0.258 e. The predicted octanol–water partition coefficient (Wildman–Crippen LogP) is 2.34. The normalized spacial score (nSPS) is 12.6. The third kappa shape index (κ3) is 2.59. The van der Waals surface area contributed by atoms with Crippen molar-refractivity contribution in [3.63, 3.8) is 0 Å². The van der Waals surface area contributed by atoms with Crippen LogP contribution in [0.25, 0.3) is 5.65 Å². The lowest BCUT2D eigenvalue weighted by molar-refractivity contribution is 0.174. The highest BCUT2D eigenvalue weighted by atomic mass is 16.7. The number of aromatic nitrogens is 2. The molecule has 23 heavy (non-hydrogen) atoms. The molecule has 2 aromatic heterocycles. The molecule has 4 rings (SSSR count). The van der Waals surface area contributed by atoms with Crippen molar-refractivity contribution in [2.45, 2.75) is 13.5 Å². The zero-order chi connectivity index (χ0) is 15.8. The van der Waals surface area contributed by atoms with Gasteiger partial charge in [-0.25, -0.2) is 4.98 Å². The van der Waals surface area contributed by atoms with Gasteiger partial charge in [0.1, 0.15) is 5.65 Å². The summed E-state index contributed by atoms with van der Waals surface area (Å²) in [5.74, 6) is 1.46. The van der Waals surface area contributed by atoms with Gasteiger partial charge in [0.05, 0.1) is 12.2 Å². The first-order valence-electron chi connectivity index (χ1n) is 7.31. The summed E-state index contributed by atoms with van der Waals surface area (Å²) in [6.07, 6.45) is 1.79. The molecule has 0 saturated carbocycles. The molecular weight excluding hydrogens is 294 g/mol. The Morgan fingerprint density at radius 1 is 1.17 bits per heavy atom. The molecule has 0 amide bonds. The number of nitrogens with zero attached hydrogens (tertiary/aromatic N) is 2. The highest BCUT2D eigenvalue weighted by Gasteiger charge is 2.13. The SMILES string of the molecule is Cc1ccc2nc(CNc3ccc4c(c3)OCO4)cc(=O)n2c1. The van der Waals surface area contributed by atoms with Crippen LogP contribution in [0.1, 0.15) is 11.3 Å². The fourth-order valence-corrected chi connectivity index (χ4v) is 2.55. The van der Waals surface area contributed by atoms with Crippen molar-refractivity contribution in [3.05, 3.63) is 64.2 Å². The third-order valence-corrected chi connectivity index (χ3v) is 3.71. The van der Waals surface area contributed by atoms with Gasteiger partial charge in [-0.1, -0.05) is 6.07 Å². The Balaban J connectivity index is 1.58. The summed E-state index contributed by atoms with van der Waals surface area (Å²) in [5.41, 5.74) is 3.16. The molecule has 6 nitrogen and oxygen atoms in total. The van der Waals surface area contributed by atoms with Crippen molar-refractivity contribution in [1.29, 1.82) is 0 Å². The van der Waals surface area contributed by atoms with Crippen molar-refractivity contribution in [2.24, 2.45) is 0 Å². The van der Waals surface area contributed by atoms with E-state index in [1.54, 1.807) is 16.7 Å². The number of fused-ring (bicyclic) bond motifs is 2. The third-order valence-electron chi connectivity index (χ3n) is 3.71. The molecule has 1 N–H and O–H groups in total. The Bertz CT molecular complexity index is 949. The molecule has 1 aliphatic heterocycles. The van der Waals surface area contributed by atoms with Crippen molar-refractivity contribution in [3.8, 4) is 11.5 Å². The number of hydrogen-bond donors (Lipinski definition) is 1. The molecule has 0 radical (unpaired) electrons. The quantitative estimate of drug-likeness (QED) is 0.804. The van der Waals surface area contributed by atoms with Crippen LogP contribution in [0.5, 0.6) is 11.5 Å². The molecule has 0 bridgehead atoms. The first-order chi connectivity index (χ1) is 11.2. The van der Waals surface area contributed by atoms with E-state index >= 15 is 0 Å². The van der Waals surface area contributed by atoms with E-state index < -0.39 is 0 Å². The summed E-state index contributed by atoms with van der Waals surface area (Å²) < 4.78 is 12.2. The Morgan fingerprint density at radius 2 is 2.04 bits per heavy atom. The molecule has 0 atom stereocenters. The van der Waals surface area contributed by atoms with Crippen molar-refractivity contribution in [2.75, 3.05) is 12.1 Å². The second-order valence-electron chi connectivity index (χ2n) is 5.44. The van der Waals surface area contributed by atoms with E-state index in [0.29, 0.717) is 17.9 Å². The molecule has 1 aromatic carbocycles. The van der Waals surface area contributed by atoms with Crippen LogP contribution < -0.4 is 20.3 Å². The summed E-state index contributed by atoms with van der Waals surface area (Å²) in [6, 6.07) is 11.0. The summed E-state index contributed by atoms with van der Waals surface area (Å²) in [7, 11) is 0. The zero-order valence-electron chi connectivity index (χ0n) is 12.6. The average Bonchev–Trinajstić information content (AvgIpc) is 3.01. The molecule has 3 aromatic rings. The highest BCUT2D eigenvalue weighted by Crippen LogP contribution is 2.34. The van der Waals surface area contributed by atoms with Crippen LogP contribution in [0.15, 0.2) is 47.4 Å². The fourth-order valence-electron chi connectivity index (χ4n) is 2.55. The maximum Gasteiger partial charge on any atom is 0.258 e. The minimum atomic E-state index is -0.0822. The van der Waals surface area contributed by atoms with Gasteiger partial charge in [-0.2, -0.15) is 0 Å². The molecule has 0 fully saturated rings. The van der Waals surface area contributed by atoms with Gasteiger partial charge in [0.25, 0.3) is 5.56 Å². The van der Waals surface area contributed by atoms with Gasteiger partial charge in [0.2, 0.25) is 6.79 Å². The molecule has 0 aliphatic carbocycles. The maximum absolute atomic E-state index is 12.2. The summed E-state index contributed by atoms with van der Waals surface area (Å²) in [4.78, 5) is 16.7. The molecule has 116 valence electrons. The van der Waals surface area contributed by atoms with Gasteiger partial charge >= 0.3 is 0 Å². The molecule has 0 spiro atoms. The molecule has 3 heterocycles. The number of pyridine rings is 1. The lowest BCUT2D eigenvalue weighted by atomic mass is 10.2. The van der Waals surface area contributed by atoms with Gasteiger partial charge in [-0.15, -0.1) is 0 Å². The fraction of sp³-hybridized carbons (Fsp3) is 0.176. The van der Waals surface area contributed by atoms with Crippen molar-refractivity contribution in [1.82, 2.24) is 9.38 Å². The molecule has 0 unspecified atom stereocenters. The first kappa shape index (κ1) is 13.6.